The molecule has 5 nitrogen and oxygen atoms in total. The number of carboxylic acid groups (broad SMARTS) is 1. The van der Waals surface area contributed by atoms with Gasteiger partial charge < -0.3 is 9.84 Å². The first-order valence-corrected chi connectivity index (χ1v) is 16.1. The van der Waals surface area contributed by atoms with E-state index in [1.54, 1.807) is 0 Å². The Kier molecular flexibility index (Phi) is 17.0. The Morgan fingerprint density at radius 2 is 1.28 bits per heavy atom. The Bertz CT molecular complexity index is 1250. The number of halogens is 1. The van der Waals surface area contributed by atoms with Gasteiger partial charge in [-0.1, -0.05) is 145 Å². The quantitative estimate of drug-likeness (QED) is 0.0715. The normalized spacial score (nSPS) is 11.3. The monoisotopic (exact) mass is 606 g/mol. The van der Waals surface area contributed by atoms with Gasteiger partial charge in [-0.25, -0.2) is 4.79 Å². The first kappa shape index (κ1) is 35.8. The van der Waals surface area contributed by atoms with Crippen LogP contribution in [0.5, 0.6) is 5.75 Å². The maximum atomic E-state index is 12.5. The molecule has 0 bridgehead atoms. The van der Waals surface area contributed by atoms with Crippen LogP contribution in [-0.2, 0) is 4.79 Å². The number of benzene rings is 3. The molecule has 0 saturated heterocycles. The number of Topliss-reactive ketones (excluding diaryl/α,β-unsaturated/α-hetero) is 1. The first-order chi connectivity index (χ1) is 20.8. The van der Waals surface area contributed by atoms with E-state index in [4.69, 9.17) is 21.4 Å². The number of hydrogen-bond acceptors (Lipinski definition) is 4. The highest BCUT2D eigenvalue weighted by Gasteiger charge is 2.15. The number of ether oxygens (including phenoxy) is 1. The molecule has 0 aliphatic heterocycles. The van der Waals surface area contributed by atoms with E-state index in [9.17, 15) is 14.4 Å². The highest BCUT2D eigenvalue weighted by molar-refractivity contribution is 6.32. The van der Waals surface area contributed by atoms with Gasteiger partial charge in [0.2, 0.25) is 0 Å². The van der Waals surface area contributed by atoms with E-state index in [2.05, 4.69) is 32.9 Å². The van der Waals surface area contributed by atoms with Gasteiger partial charge in [0.05, 0.1) is 10.6 Å². The maximum Gasteiger partial charge on any atom is 0.335 e. The molecule has 0 spiro atoms. The van der Waals surface area contributed by atoms with Gasteiger partial charge in [0.15, 0.2) is 5.78 Å². The van der Waals surface area contributed by atoms with Crippen LogP contribution in [0.1, 0.15) is 119 Å². The molecule has 0 radical (unpaired) electrons. The lowest BCUT2D eigenvalue weighted by molar-refractivity contribution is -0.134. The Labute approximate surface area is 262 Å². The highest BCUT2D eigenvalue weighted by atomic mass is 35.5. The van der Waals surface area contributed by atoms with Crippen molar-refractivity contribution in [1.29, 1.82) is 0 Å². The van der Waals surface area contributed by atoms with Crippen LogP contribution in [0.15, 0.2) is 72.8 Å². The average molecular weight is 607 g/mol. The first-order valence-electron chi connectivity index (χ1n) is 15.7. The minimum absolute atomic E-state index is 0.0655. The summed E-state index contributed by atoms with van der Waals surface area (Å²) >= 11 is 5.90. The van der Waals surface area contributed by atoms with Crippen LogP contribution in [0.25, 0.3) is 11.1 Å². The van der Waals surface area contributed by atoms with Crippen LogP contribution in [0.3, 0.4) is 0 Å². The van der Waals surface area contributed by atoms with Crippen LogP contribution in [0.2, 0.25) is 5.02 Å². The third-order valence-corrected chi connectivity index (χ3v) is 7.65. The molecule has 0 saturated carbocycles. The molecule has 0 aliphatic carbocycles. The van der Waals surface area contributed by atoms with Crippen LogP contribution in [0.4, 0.5) is 0 Å². The summed E-state index contributed by atoms with van der Waals surface area (Å²) in [6.07, 6.45) is 12.8. The zero-order valence-electron chi connectivity index (χ0n) is 25.9. The molecule has 3 aromatic rings. The summed E-state index contributed by atoms with van der Waals surface area (Å²) in [7, 11) is 0. The molecule has 1 unspecified atom stereocenters. The van der Waals surface area contributed by atoms with Crippen molar-refractivity contribution in [1.82, 2.24) is 0 Å². The lowest BCUT2D eigenvalue weighted by Gasteiger charge is -2.11. The van der Waals surface area contributed by atoms with E-state index in [1.807, 2.05) is 42.5 Å². The van der Waals surface area contributed by atoms with Crippen molar-refractivity contribution >= 4 is 29.3 Å². The molecule has 3 aromatic carbocycles. The molecule has 0 aliphatic rings. The summed E-state index contributed by atoms with van der Waals surface area (Å²) in [5.41, 5.74) is 3.25. The number of hydrogen-bond donors (Lipinski definition) is 1. The summed E-state index contributed by atoms with van der Waals surface area (Å²) in [6.45, 7) is 6.43. The number of aromatic carboxylic acids is 1. The van der Waals surface area contributed by atoms with Crippen molar-refractivity contribution in [2.75, 3.05) is 0 Å². The Morgan fingerprint density at radius 1 is 0.721 bits per heavy atom. The SMILES string of the molecule is CCCCCCC(C)C(=O)c1ccc(-c2ccccc2)cc1.CCCCCCCCC(=O)Oc1ccc(C(=O)O)cc1Cl. The molecule has 43 heavy (non-hydrogen) atoms. The molecule has 0 heterocycles. The van der Waals surface area contributed by atoms with Crippen LogP contribution >= 0.6 is 11.6 Å². The number of carboxylic acids is 1. The lowest BCUT2D eigenvalue weighted by Crippen LogP contribution is -2.11. The second kappa shape index (κ2) is 20.5. The predicted octanol–water partition coefficient (Wildman–Crippen LogP) is 10.8. The van der Waals surface area contributed by atoms with Crippen molar-refractivity contribution in [2.45, 2.75) is 97.8 Å². The van der Waals surface area contributed by atoms with Gasteiger partial charge in [0.25, 0.3) is 0 Å². The number of esters is 1. The van der Waals surface area contributed by atoms with Crippen molar-refractivity contribution in [2.24, 2.45) is 5.92 Å². The summed E-state index contributed by atoms with van der Waals surface area (Å²) < 4.78 is 5.14. The van der Waals surface area contributed by atoms with E-state index in [0.717, 1.165) is 43.2 Å². The Morgan fingerprint density at radius 3 is 1.88 bits per heavy atom. The Hall–Kier alpha value is -3.44. The molecular formula is C37H47ClO5. The van der Waals surface area contributed by atoms with Crippen molar-refractivity contribution < 1.29 is 24.2 Å². The van der Waals surface area contributed by atoms with E-state index >= 15 is 0 Å². The van der Waals surface area contributed by atoms with Gasteiger partial charge in [-0.15, -0.1) is 0 Å². The molecule has 232 valence electrons. The van der Waals surface area contributed by atoms with Crippen LogP contribution < -0.4 is 4.74 Å². The third kappa shape index (κ3) is 13.6. The van der Waals surface area contributed by atoms with Gasteiger partial charge in [-0.2, -0.15) is 0 Å². The number of unbranched alkanes of at least 4 members (excludes halogenated alkanes) is 8. The third-order valence-electron chi connectivity index (χ3n) is 7.35. The van der Waals surface area contributed by atoms with Gasteiger partial charge in [-0.3, -0.25) is 9.59 Å². The van der Waals surface area contributed by atoms with E-state index in [0.29, 0.717) is 6.42 Å². The highest BCUT2D eigenvalue weighted by Crippen LogP contribution is 2.26. The van der Waals surface area contributed by atoms with E-state index in [1.165, 1.54) is 62.3 Å². The fourth-order valence-electron chi connectivity index (χ4n) is 4.69. The van der Waals surface area contributed by atoms with E-state index < -0.39 is 5.97 Å². The lowest BCUT2D eigenvalue weighted by atomic mass is 9.93. The number of ketones is 1. The second-order valence-corrected chi connectivity index (χ2v) is 11.4. The summed E-state index contributed by atoms with van der Waals surface area (Å²) in [4.78, 5) is 34.9. The largest absolute Gasteiger partial charge is 0.478 e. The van der Waals surface area contributed by atoms with Gasteiger partial charge >= 0.3 is 11.9 Å². The Balaban J connectivity index is 0.000000301. The van der Waals surface area contributed by atoms with Crippen molar-refractivity contribution in [3.05, 3.63) is 88.9 Å². The summed E-state index contributed by atoms with van der Waals surface area (Å²) in [5.74, 6) is -0.800. The maximum absolute atomic E-state index is 12.5. The van der Waals surface area contributed by atoms with E-state index in [-0.39, 0.29) is 34.0 Å². The number of carbonyl (C=O) groups excluding carboxylic acids is 2. The van der Waals surface area contributed by atoms with Crippen molar-refractivity contribution in [3.8, 4) is 16.9 Å². The minimum Gasteiger partial charge on any atom is -0.478 e. The average Bonchev–Trinajstić information content (AvgIpc) is 3.02. The molecule has 1 atom stereocenters. The van der Waals surface area contributed by atoms with Gasteiger partial charge in [0.1, 0.15) is 5.75 Å². The molecule has 0 aromatic heterocycles. The van der Waals surface area contributed by atoms with Crippen LogP contribution in [0, 0.1) is 5.92 Å². The van der Waals surface area contributed by atoms with Crippen molar-refractivity contribution in [3.63, 3.8) is 0 Å². The molecule has 0 amide bonds. The van der Waals surface area contributed by atoms with Gasteiger partial charge in [-0.05, 0) is 42.2 Å². The zero-order valence-corrected chi connectivity index (χ0v) is 26.7. The molecular weight excluding hydrogens is 560 g/mol. The smallest absolute Gasteiger partial charge is 0.335 e. The molecule has 1 N–H and O–H groups in total. The van der Waals surface area contributed by atoms with Crippen LogP contribution in [-0.4, -0.2) is 22.8 Å². The zero-order chi connectivity index (χ0) is 31.5. The fraction of sp³-hybridized carbons (Fsp3) is 0.432. The second-order valence-electron chi connectivity index (χ2n) is 11.0. The summed E-state index contributed by atoms with van der Waals surface area (Å²) in [6, 6.07) is 22.3. The number of rotatable bonds is 17. The standard InChI is InChI=1S/C21H26O.C16H21ClO4/c1-3-4-5-7-10-17(2)21(22)20-15-13-19(14-16-20)18-11-8-6-9-12-18;1-2-3-4-5-6-7-8-15(18)21-14-10-9-12(16(19)20)11-13(14)17/h6,8-9,11-17H,3-5,7,10H2,1-2H3;9-11H,2-8H2,1H3,(H,19,20). The predicted molar refractivity (Wildman–Crippen MR) is 176 cm³/mol. The summed E-state index contributed by atoms with van der Waals surface area (Å²) in [5, 5.41) is 8.95. The molecule has 0 fully saturated rings. The van der Waals surface area contributed by atoms with Gasteiger partial charge in [0, 0.05) is 17.9 Å². The molecule has 3 rings (SSSR count). The minimum atomic E-state index is -1.07. The topological polar surface area (TPSA) is 80.7 Å². The fourth-order valence-corrected chi connectivity index (χ4v) is 4.91. The number of carbonyl (C=O) groups is 3. The molecule has 6 heteroatoms.